The highest BCUT2D eigenvalue weighted by Gasteiger charge is 2.28. The van der Waals surface area contributed by atoms with E-state index in [1.807, 2.05) is 0 Å². The molecule has 0 N–H and O–H groups in total. The molecule has 3 aromatic rings. The molecule has 0 saturated heterocycles. The molecule has 0 amide bonds. The van der Waals surface area contributed by atoms with E-state index in [1.165, 1.54) is 33.2 Å². The Kier molecular flexibility index (Phi) is 4.86. The van der Waals surface area contributed by atoms with Gasteiger partial charge in [0.15, 0.2) is 0 Å². The van der Waals surface area contributed by atoms with E-state index in [0.717, 1.165) is 32.5 Å². The van der Waals surface area contributed by atoms with Crippen molar-refractivity contribution in [1.82, 2.24) is 9.47 Å². The van der Waals surface area contributed by atoms with Crippen LogP contribution in [-0.2, 0) is 25.9 Å². The summed E-state index contributed by atoms with van der Waals surface area (Å²) >= 11 is 0. The standard InChI is InChI=1S/C25H32N2/c1-6-26-16-22-23(15-20(26)5)27(11-10-21-9-7-8-17(2)13-21)24-14-18(3)12-19(4)25(22)24/h7-9,12-14,20H,6,10-11,15-16H2,1-5H3. The molecule has 4 rings (SSSR count). The number of rotatable bonds is 4. The van der Waals surface area contributed by atoms with E-state index in [9.17, 15) is 0 Å². The van der Waals surface area contributed by atoms with Gasteiger partial charge >= 0.3 is 0 Å². The van der Waals surface area contributed by atoms with Crippen LogP contribution in [0.5, 0.6) is 0 Å². The van der Waals surface area contributed by atoms with Gasteiger partial charge < -0.3 is 4.57 Å². The molecule has 2 nitrogen and oxygen atoms in total. The Balaban J connectivity index is 1.80. The van der Waals surface area contributed by atoms with Crippen LogP contribution in [0.1, 0.15) is 47.4 Å². The van der Waals surface area contributed by atoms with Crippen molar-refractivity contribution in [1.29, 1.82) is 0 Å². The fourth-order valence-electron chi connectivity index (χ4n) is 4.96. The number of fused-ring (bicyclic) bond motifs is 3. The molecule has 1 aliphatic heterocycles. The van der Waals surface area contributed by atoms with E-state index in [4.69, 9.17) is 0 Å². The molecule has 142 valence electrons. The molecule has 0 aliphatic carbocycles. The highest BCUT2D eigenvalue weighted by Crippen LogP contribution is 2.35. The van der Waals surface area contributed by atoms with Crippen molar-refractivity contribution in [2.24, 2.45) is 0 Å². The Morgan fingerprint density at radius 1 is 1.04 bits per heavy atom. The molecule has 2 heteroatoms. The molecule has 1 aromatic heterocycles. The first kappa shape index (κ1) is 18.3. The Hall–Kier alpha value is -2.06. The van der Waals surface area contributed by atoms with E-state index in [2.05, 4.69) is 80.5 Å². The lowest BCUT2D eigenvalue weighted by Gasteiger charge is -2.33. The minimum absolute atomic E-state index is 0.617. The zero-order chi connectivity index (χ0) is 19.1. The second-order valence-electron chi connectivity index (χ2n) is 8.41. The highest BCUT2D eigenvalue weighted by atomic mass is 15.2. The fourth-order valence-corrected chi connectivity index (χ4v) is 4.96. The third kappa shape index (κ3) is 3.32. The summed E-state index contributed by atoms with van der Waals surface area (Å²) in [7, 11) is 0. The van der Waals surface area contributed by atoms with Gasteiger partial charge in [-0.15, -0.1) is 0 Å². The fraction of sp³-hybridized carbons (Fsp3) is 0.440. The second kappa shape index (κ2) is 7.16. The van der Waals surface area contributed by atoms with Gasteiger partial charge in [0.2, 0.25) is 0 Å². The number of benzene rings is 2. The Labute approximate surface area is 163 Å². The molecule has 27 heavy (non-hydrogen) atoms. The number of aryl methyl sites for hydroxylation is 5. The number of nitrogens with zero attached hydrogens (tertiary/aromatic N) is 2. The van der Waals surface area contributed by atoms with Crippen molar-refractivity contribution in [3.63, 3.8) is 0 Å². The first-order valence-electron chi connectivity index (χ1n) is 10.4. The third-order valence-corrected chi connectivity index (χ3v) is 6.31. The topological polar surface area (TPSA) is 8.17 Å². The second-order valence-corrected chi connectivity index (χ2v) is 8.41. The molecular formula is C25H32N2. The molecule has 0 fully saturated rings. The average Bonchev–Trinajstić information content (AvgIpc) is 2.91. The third-order valence-electron chi connectivity index (χ3n) is 6.31. The van der Waals surface area contributed by atoms with Crippen LogP contribution in [0.15, 0.2) is 36.4 Å². The van der Waals surface area contributed by atoms with Gasteiger partial charge in [0.25, 0.3) is 0 Å². The van der Waals surface area contributed by atoms with Crippen LogP contribution in [0.25, 0.3) is 10.9 Å². The quantitative estimate of drug-likeness (QED) is 0.590. The minimum atomic E-state index is 0.617. The van der Waals surface area contributed by atoms with E-state index in [0.29, 0.717) is 6.04 Å². The lowest BCUT2D eigenvalue weighted by molar-refractivity contribution is 0.192. The molecule has 0 radical (unpaired) electrons. The predicted molar refractivity (Wildman–Crippen MR) is 116 cm³/mol. The van der Waals surface area contributed by atoms with Crippen LogP contribution in [0.3, 0.4) is 0 Å². The van der Waals surface area contributed by atoms with Crippen LogP contribution in [0.2, 0.25) is 0 Å². The monoisotopic (exact) mass is 360 g/mol. The van der Waals surface area contributed by atoms with Gasteiger partial charge in [0, 0.05) is 42.1 Å². The molecule has 2 aromatic carbocycles. The normalized spacial score (nSPS) is 17.4. The summed E-state index contributed by atoms with van der Waals surface area (Å²) in [6.45, 7) is 14.6. The first-order chi connectivity index (χ1) is 13.0. The first-order valence-corrected chi connectivity index (χ1v) is 10.4. The maximum atomic E-state index is 2.64. The summed E-state index contributed by atoms with van der Waals surface area (Å²) in [6, 6.07) is 14.3. The van der Waals surface area contributed by atoms with E-state index >= 15 is 0 Å². The lowest BCUT2D eigenvalue weighted by Crippen LogP contribution is -2.38. The zero-order valence-corrected chi connectivity index (χ0v) is 17.5. The van der Waals surface area contributed by atoms with Crippen molar-refractivity contribution < 1.29 is 0 Å². The molecule has 1 aliphatic rings. The van der Waals surface area contributed by atoms with Crippen molar-refractivity contribution in [3.05, 3.63) is 69.9 Å². The molecule has 0 saturated carbocycles. The molecular weight excluding hydrogens is 328 g/mol. The molecule has 1 unspecified atom stereocenters. The van der Waals surface area contributed by atoms with Gasteiger partial charge in [-0.1, -0.05) is 42.8 Å². The van der Waals surface area contributed by atoms with Crippen LogP contribution in [0.4, 0.5) is 0 Å². The number of hydrogen-bond acceptors (Lipinski definition) is 1. The van der Waals surface area contributed by atoms with Crippen LogP contribution < -0.4 is 0 Å². The Morgan fingerprint density at radius 3 is 2.59 bits per heavy atom. The van der Waals surface area contributed by atoms with Crippen molar-refractivity contribution in [2.45, 2.75) is 66.6 Å². The maximum absolute atomic E-state index is 2.64. The number of likely N-dealkylation sites (N-methyl/N-ethyl adjacent to an activating group) is 1. The predicted octanol–water partition coefficient (Wildman–Crippen LogP) is 5.58. The maximum Gasteiger partial charge on any atom is 0.0491 e. The van der Waals surface area contributed by atoms with Gasteiger partial charge in [0.05, 0.1) is 0 Å². The summed E-state index contributed by atoms with van der Waals surface area (Å²) in [5, 5.41) is 1.50. The van der Waals surface area contributed by atoms with E-state index in [1.54, 1.807) is 11.3 Å². The van der Waals surface area contributed by atoms with Gasteiger partial charge in [-0.2, -0.15) is 0 Å². The Morgan fingerprint density at radius 2 is 1.85 bits per heavy atom. The summed E-state index contributed by atoms with van der Waals surface area (Å²) in [5.41, 5.74) is 10.2. The number of aromatic nitrogens is 1. The Bertz CT molecular complexity index is 980. The lowest BCUT2D eigenvalue weighted by atomic mass is 9.97. The van der Waals surface area contributed by atoms with Crippen molar-refractivity contribution in [3.8, 4) is 0 Å². The van der Waals surface area contributed by atoms with E-state index in [-0.39, 0.29) is 0 Å². The van der Waals surface area contributed by atoms with Crippen LogP contribution >= 0.6 is 0 Å². The summed E-state index contributed by atoms with van der Waals surface area (Å²) in [6.07, 6.45) is 2.25. The van der Waals surface area contributed by atoms with Gasteiger partial charge in [0.1, 0.15) is 0 Å². The van der Waals surface area contributed by atoms with Crippen LogP contribution in [0, 0.1) is 20.8 Å². The van der Waals surface area contributed by atoms with Gasteiger partial charge in [-0.05, 0) is 69.0 Å². The summed E-state index contributed by atoms with van der Waals surface area (Å²) in [5.74, 6) is 0. The van der Waals surface area contributed by atoms with Gasteiger partial charge in [-0.3, -0.25) is 4.90 Å². The summed E-state index contributed by atoms with van der Waals surface area (Å²) in [4.78, 5) is 2.62. The molecule has 1 atom stereocenters. The largest absolute Gasteiger partial charge is 0.344 e. The molecule has 0 bridgehead atoms. The minimum Gasteiger partial charge on any atom is -0.344 e. The highest BCUT2D eigenvalue weighted by molar-refractivity contribution is 5.89. The SMILES string of the molecule is CCN1Cc2c(n(CCc3cccc(C)c3)c3cc(C)cc(C)c23)CC1C. The average molecular weight is 361 g/mol. The summed E-state index contributed by atoms with van der Waals surface area (Å²) < 4.78 is 2.64. The molecule has 2 heterocycles. The van der Waals surface area contributed by atoms with E-state index < -0.39 is 0 Å². The van der Waals surface area contributed by atoms with Crippen molar-refractivity contribution in [2.75, 3.05) is 6.54 Å². The van der Waals surface area contributed by atoms with Gasteiger partial charge in [-0.25, -0.2) is 0 Å². The zero-order valence-electron chi connectivity index (χ0n) is 17.5. The smallest absolute Gasteiger partial charge is 0.0491 e. The van der Waals surface area contributed by atoms with Crippen LogP contribution in [-0.4, -0.2) is 22.1 Å². The molecule has 0 spiro atoms. The van der Waals surface area contributed by atoms with Crippen molar-refractivity contribution >= 4 is 10.9 Å². The number of hydrogen-bond donors (Lipinski definition) is 0.